The molecule has 1 aliphatic heterocycles. The Morgan fingerprint density at radius 1 is 0.943 bits per heavy atom. The van der Waals surface area contributed by atoms with Crippen LogP contribution in [0.4, 0.5) is 17.1 Å². The van der Waals surface area contributed by atoms with Crippen LogP contribution in [0.5, 0.6) is 11.5 Å². The standard InChI is InChI=1S/C26H22ClN3O5/c1-3-35-21-7-5-4-6-20(21)29-24(31)16-8-10-17(11-9-16)28-23-22(27)25(32)30(26(23)33)18-12-14-19(34-2)15-13-18/h4-15,28H,3H2,1-2H3,(H,29,31). The normalized spacial score (nSPS) is 13.2. The largest absolute Gasteiger partial charge is 0.497 e. The molecule has 1 aliphatic rings. The van der Waals surface area contributed by atoms with E-state index >= 15 is 0 Å². The maximum Gasteiger partial charge on any atom is 0.283 e. The Kier molecular flexibility index (Phi) is 7.03. The predicted octanol–water partition coefficient (Wildman–Crippen LogP) is 4.78. The first-order valence-corrected chi connectivity index (χ1v) is 11.1. The molecule has 0 spiro atoms. The third-order valence-electron chi connectivity index (χ3n) is 5.21. The molecule has 4 rings (SSSR count). The molecule has 178 valence electrons. The summed E-state index contributed by atoms with van der Waals surface area (Å²) in [6.45, 7) is 2.34. The Bertz CT molecular complexity index is 1300. The minimum atomic E-state index is -0.631. The summed E-state index contributed by atoms with van der Waals surface area (Å²) < 4.78 is 10.6. The number of para-hydroxylation sites is 2. The fourth-order valence-corrected chi connectivity index (χ4v) is 3.68. The van der Waals surface area contributed by atoms with Crippen LogP contribution >= 0.6 is 11.6 Å². The molecule has 0 saturated heterocycles. The zero-order valence-electron chi connectivity index (χ0n) is 19.0. The summed E-state index contributed by atoms with van der Waals surface area (Å²) in [5.41, 5.74) is 1.77. The molecule has 1 heterocycles. The van der Waals surface area contributed by atoms with Crippen LogP contribution in [0.1, 0.15) is 17.3 Å². The molecule has 3 aromatic rings. The zero-order valence-corrected chi connectivity index (χ0v) is 19.8. The van der Waals surface area contributed by atoms with Gasteiger partial charge in [0, 0.05) is 11.3 Å². The van der Waals surface area contributed by atoms with Gasteiger partial charge in [0.2, 0.25) is 0 Å². The average molecular weight is 492 g/mol. The monoisotopic (exact) mass is 491 g/mol. The van der Waals surface area contributed by atoms with Crippen molar-refractivity contribution in [2.75, 3.05) is 29.3 Å². The first kappa shape index (κ1) is 23.8. The highest BCUT2D eigenvalue weighted by atomic mass is 35.5. The average Bonchev–Trinajstić information content (AvgIpc) is 3.08. The third-order valence-corrected chi connectivity index (χ3v) is 5.56. The fourth-order valence-electron chi connectivity index (χ4n) is 3.47. The van der Waals surface area contributed by atoms with E-state index in [1.807, 2.05) is 13.0 Å². The molecular formula is C26H22ClN3O5. The van der Waals surface area contributed by atoms with E-state index in [-0.39, 0.29) is 16.6 Å². The van der Waals surface area contributed by atoms with E-state index in [9.17, 15) is 14.4 Å². The smallest absolute Gasteiger partial charge is 0.283 e. The summed E-state index contributed by atoms with van der Waals surface area (Å²) in [6, 6.07) is 20.1. The second-order valence-electron chi connectivity index (χ2n) is 7.42. The van der Waals surface area contributed by atoms with Crippen molar-refractivity contribution < 1.29 is 23.9 Å². The molecule has 0 bridgehead atoms. The first-order chi connectivity index (χ1) is 16.9. The van der Waals surface area contributed by atoms with Gasteiger partial charge in [0.15, 0.2) is 0 Å². The molecule has 0 radical (unpaired) electrons. The lowest BCUT2D eigenvalue weighted by atomic mass is 10.1. The number of hydrogen-bond donors (Lipinski definition) is 2. The van der Waals surface area contributed by atoms with Crippen molar-refractivity contribution in [3.05, 3.63) is 89.1 Å². The van der Waals surface area contributed by atoms with Crippen LogP contribution < -0.4 is 25.0 Å². The van der Waals surface area contributed by atoms with Crippen molar-refractivity contribution in [2.24, 2.45) is 0 Å². The number of carbonyl (C=O) groups excluding carboxylic acids is 3. The highest BCUT2D eigenvalue weighted by Gasteiger charge is 2.39. The van der Waals surface area contributed by atoms with E-state index in [2.05, 4.69) is 10.6 Å². The van der Waals surface area contributed by atoms with Gasteiger partial charge in [-0.25, -0.2) is 4.90 Å². The number of imide groups is 1. The lowest BCUT2D eigenvalue weighted by molar-refractivity contribution is -0.120. The molecule has 0 aliphatic carbocycles. The van der Waals surface area contributed by atoms with Gasteiger partial charge in [-0.2, -0.15) is 0 Å². The van der Waals surface area contributed by atoms with Crippen LogP contribution in [0.25, 0.3) is 0 Å². The zero-order chi connectivity index (χ0) is 24.9. The maximum absolute atomic E-state index is 12.9. The minimum Gasteiger partial charge on any atom is -0.497 e. The van der Waals surface area contributed by atoms with E-state index < -0.39 is 11.8 Å². The van der Waals surface area contributed by atoms with Crippen molar-refractivity contribution in [2.45, 2.75) is 6.92 Å². The van der Waals surface area contributed by atoms with Gasteiger partial charge in [-0.05, 0) is 67.6 Å². The van der Waals surface area contributed by atoms with Crippen molar-refractivity contribution in [1.29, 1.82) is 0 Å². The quantitative estimate of drug-likeness (QED) is 0.440. The van der Waals surface area contributed by atoms with Crippen molar-refractivity contribution in [1.82, 2.24) is 0 Å². The summed E-state index contributed by atoms with van der Waals surface area (Å²) in [5, 5.41) is 5.50. The SMILES string of the molecule is CCOc1ccccc1NC(=O)c1ccc(NC2=C(Cl)C(=O)N(c3ccc(OC)cc3)C2=O)cc1. The number of hydrogen-bond acceptors (Lipinski definition) is 6. The maximum atomic E-state index is 12.9. The molecular weight excluding hydrogens is 470 g/mol. The number of amides is 3. The number of nitrogens with zero attached hydrogens (tertiary/aromatic N) is 1. The van der Waals surface area contributed by atoms with E-state index in [0.717, 1.165) is 4.90 Å². The summed E-state index contributed by atoms with van der Waals surface area (Å²) in [6.07, 6.45) is 0. The molecule has 0 aromatic heterocycles. The van der Waals surface area contributed by atoms with Gasteiger partial charge >= 0.3 is 0 Å². The van der Waals surface area contributed by atoms with Gasteiger partial charge in [-0.1, -0.05) is 23.7 Å². The van der Waals surface area contributed by atoms with E-state index in [1.54, 1.807) is 66.7 Å². The van der Waals surface area contributed by atoms with E-state index in [1.165, 1.54) is 7.11 Å². The van der Waals surface area contributed by atoms with Crippen molar-refractivity contribution >= 4 is 46.4 Å². The Labute approximate surface area is 207 Å². The summed E-state index contributed by atoms with van der Waals surface area (Å²) in [4.78, 5) is 39.3. The molecule has 3 aromatic carbocycles. The number of halogens is 1. The van der Waals surface area contributed by atoms with E-state index in [4.69, 9.17) is 21.1 Å². The Morgan fingerprint density at radius 3 is 2.29 bits per heavy atom. The molecule has 0 saturated carbocycles. The minimum absolute atomic E-state index is 0.0460. The number of nitrogens with one attached hydrogen (secondary N) is 2. The van der Waals surface area contributed by atoms with Crippen LogP contribution in [-0.4, -0.2) is 31.4 Å². The Balaban J connectivity index is 1.47. The van der Waals surface area contributed by atoms with Crippen molar-refractivity contribution in [3.63, 3.8) is 0 Å². The van der Waals surface area contributed by atoms with Gasteiger partial charge in [0.1, 0.15) is 22.2 Å². The van der Waals surface area contributed by atoms with Crippen LogP contribution in [0.2, 0.25) is 0 Å². The van der Waals surface area contributed by atoms with Gasteiger partial charge in [0.05, 0.1) is 25.1 Å². The summed E-state index contributed by atoms with van der Waals surface area (Å²) in [5.74, 6) is -0.364. The number of anilines is 3. The van der Waals surface area contributed by atoms with Gasteiger partial charge in [-0.15, -0.1) is 0 Å². The molecule has 0 fully saturated rings. The summed E-state index contributed by atoms with van der Waals surface area (Å²) >= 11 is 6.19. The van der Waals surface area contributed by atoms with Gasteiger partial charge in [0.25, 0.3) is 17.7 Å². The number of ether oxygens (including phenoxy) is 2. The number of methoxy groups -OCH3 is 1. The highest BCUT2D eigenvalue weighted by molar-refractivity contribution is 6.53. The van der Waals surface area contributed by atoms with Gasteiger partial charge < -0.3 is 20.1 Å². The molecule has 0 unspecified atom stereocenters. The molecule has 8 nitrogen and oxygen atoms in total. The second-order valence-corrected chi connectivity index (χ2v) is 7.80. The molecule has 3 amide bonds. The predicted molar refractivity (Wildman–Crippen MR) is 134 cm³/mol. The highest BCUT2D eigenvalue weighted by Crippen LogP contribution is 2.31. The Morgan fingerprint density at radius 2 is 1.63 bits per heavy atom. The number of carbonyl (C=O) groups is 3. The van der Waals surface area contributed by atoms with Gasteiger partial charge in [-0.3, -0.25) is 14.4 Å². The third kappa shape index (κ3) is 4.97. The lowest BCUT2D eigenvalue weighted by Crippen LogP contribution is -2.32. The molecule has 35 heavy (non-hydrogen) atoms. The topological polar surface area (TPSA) is 97.0 Å². The Hall–Kier alpha value is -4.30. The lowest BCUT2D eigenvalue weighted by Gasteiger charge is -2.15. The fraction of sp³-hybridized carbons (Fsp3) is 0.115. The number of rotatable bonds is 8. The van der Waals surface area contributed by atoms with Crippen LogP contribution in [0, 0.1) is 0 Å². The second kappa shape index (κ2) is 10.3. The summed E-state index contributed by atoms with van der Waals surface area (Å²) in [7, 11) is 1.52. The molecule has 0 atom stereocenters. The van der Waals surface area contributed by atoms with Crippen molar-refractivity contribution in [3.8, 4) is 11.5 Å². The van der Waals surface area contributed by atoms with Crippen LogP contribution in [0.3, 0.4) is 0 Å². The molecule has 2 N–H and O–H groups in total. The van der Waals surface area contributed by atoms with Crippen LogP contribution in [0.15, 0.2) is 83.5 Å². The molecule has 9 heteroatoms. The number of benzene rings is 3. The van der Waals surface area contributed by atoms with E-state index in [0.29, 0.717) is 40.7 Å². The van der Waals surface area contributed by atoms with Crippen LogP contribution in [-0.2, 0) is 9.59 Å². The first-order valence-electron chi connectivity index (χ1n) is 10.8.